The minimum absolute atomic E-state index is 0.0104. The minimum Gasteiger partial charge on any atom is -0.462 e. The summed E-state index contributed by atoms with van der Waals surface area (Å²) >= 11 is 0. The van der Waals surface area contributed by atoms with E-state index in [1.807, 2.05) is 0 Å². The summed E-state index contributed by atoms with van der Waals surface area (Å²) in [6.07, 6.45) is -14.3. The molecule has 0 atom stereocenters. The van der Waals surface area contributed by atoms with E-state index in [4.69, 9.17) is 4.74 Å². The molecule has 0 amide bonds. The maximum atomic E-state index is 13.6. The number of ketones is 2. The van der Waals surface area contributed by atoms with Crippen molar-refractivity contribution in [1.29, 1.82) is 0 Å². The van der Waals surface area contributed by atoms with Crippen LogP contribution in [0.5, 0.6) is 0 Å². The molecule has 0 aliphatic rings. The Hall–Kier alpha value is -2.44. The molecule has 0 aromatic heterocycles. The molecule has 192 valence electrons. The van der Waals surface area contributed by atoms with Gasteiger partial charge in [0.05, 0.1) is 22.1 Å². The quantitative estimate of drug-likeness (QED) is 0.322. The molecular weight excluding hydrogens is 494 g/mol. The number of carbonyl (C=O) groups excluding carboxylic acids is 3. The summed E-state index contributed by atoms with van der Waals surface area (Å²) in [7, 11) is -5.34. The highest BCUT2D eigenvalue weighted by Gasteiger charge is 2.53. The lowest BCUT2D eigenvalue weighted by Gasteiger charge is -2.32. The number of hydrogen-bond donors (Lipinski definition) is 0. The first-order chi connectivity index (χ1) is 15.2. The predicted octanol–water partition coefficient (Wildman–Crippen LogP) is 4.93. The van der Waals surface area contributed by atoms with Gasteiger partial charge in [0.15, 0.2) is 14.6 Å². The molecule has 0 N–H and O–H groups in total. The van der Waals surface area contributed by atoms with Crippen LogP contribution in [0.25, 0.3) is 0 Å². The van der Waals surface area contributed by atoms with Crippen LogP contribution in [0.3, 0.4) is 0 Å². The molecule has 0 saturated heterocycles. The molecule has 13 heteroatoms. The Morgan fingerprint density at radius 2 is 1.21 bits per heavy atom. The summed E-state index contributed by atoms with van der Waals surface area (Å²) in [6, 6.07) is -0.273. The van der Waals surface area contributed by atoms with Gasteiger partial charge in [-0.15, -0.1) is 0 Å². The summed E-state index contributed by atoms with van der Waals surface area (Å²) in [4.78, 5) is 34.8. The van der Waals surface area contributed by atoms with E-state index in [-0.39, 0.29) is 18.2 Å². The Balaban J connectivity index is 3.99. The number of benzene rings is 1. The monoisotopic (exact) mass is 518 g/mol. The van der Waals surface area contributed by atoms with Crippen molar-refractivity contribution in [2.75, 3.05) is 0 Å². The number of halogens is 6. The minimum atomic E-state index is -5.34. The first-order valence-electron chi connectivity index (χ1n) is 9.98. The molecule has 0 heterocycles. The molecule has 0 aliphatic heterocycles. The van der Waals surface area contributed by atoms with Crippen LogP contribution in [-0.4, -0.2) is 36.8 Å². The average Bonchev–Trinajstić information content (AvgIpc) is 2.65. The lowest BCUT2D eigenvalue weighted by atomic mass is 9.94. The molecular formula is C21H24F6O6S. The normalized spacial score (nSPS) is 13.1. The summed E-state index contributed by atoms with van der Waals surface area (Å²) < 4.78 is 109. The van der Waals surface area contributed by atoms with Gasteiger partial charge in [0.1, 0.15) is 11.6 Å². The van der Waals surface area contributed by atoms with E-state index >= 15 is 0 Å². The first-order valence-corrected chi connectivity index (χ1v) is 11.5. The highest BCUT2D eigenvalue weighted by Crippen LogP contribution is 2.42. The lowest BCUT2D eigenvalue weighted by molar-refractivity contribution is -0.151. The second kappa shape index (κ2) is 10.4. The number of Topliss-reactive ketones (excluding diaryl/α,β-unsaturated/α-hetero) is 2. The molecule has 1 aromatic carbocycles. The first kappa shape index (κ1) is 29.6. The molecule has 0 bridgehead atoms. The topological polar surface area (TPSA) is 94.6 Å². The van der Waals surface area contributed by atoms with Crippen molar-refractivity contribution in [3.8, 4) is 0 Å². The van der Waals surface area contributed by atoms with Gasteiger partial charge in [0.2, 0.25) is 0 Å². The van der Waals surface area contributed by atoms with Crippen molar-refractivity contribution in [3.05, 3.63) is 29.3 Å². The molecule has 34 heavy (non-hydrogen) atoms. The maximum Gasteiger partial charge on any atom is 0.416 e. The Kier molecular flexibility index (Phi) is 9.09. The number of hydrogen-bond acceptors (Lipinski definition) is 6. The third-order valence-corrected chi connectivity index (χ3v) is 7.32. The van der Waals surface area contributed by atoms with Gasteiger partial charge in [-0.25, -0.2) is 8.42 Å². The standard InChI is InChI=1S/C21H24F6O6S/c1-12(2)33-18(30)19(7-5-13(3)28,8-6-14(4)29)34(31,32)17-10-15(20(22,23)24)9-16(11-17)21(25,26)27/h9-12H,5-8H2,1-4H3. The second-order valence-electron chi connectivity index (χ2n) is 8.10. The number of rotatable bonds is 10. The molecule has 0 spiro atoms. The van der Waals surface area contributed by atoms with Gasteiger partial charge in [-0.05, 0) is 58.7 Å². The van der Waals surface area contributed by atoms with Gasteiger partial charge < -0.3 is 14.3 Å². The fourth-order valence-corrected chi connectivity index (χ4v) is 5.12. The van der Waals surface area contributed by atoms with Gasteiger partial charge in [-0.1, -0.05) is 0 Å². The Labute approximate surface area is 192 Å². The molecule has 0 radical (unpaired) electrons. The van der Waals surface area contributed by atoms with E-state index < -0.39 is 92.3 Å². The summed E-state index contributed by atoms with van der Waals surface area (Å²) in [5, 5.41) is 0. The van der Waals surface area contributed by atoms with Crippen molar-refractivity contribution in [1.82, 2.24) is 0 Å². The fraction of sp³-hybridized carbons (Fsp3) is 0.571. The maximum absolute atomic E-state index is 13.6. The zero-order chi connectivity index (χ0) is 26.7. The smallest absolute Gasteiger partial charge is 0.416 e. The van der Waals surface area contributed by atoms with Crippen LogP contribution in [0.1, 0.15) is 64.5 Å². The van der Waals surface area contributed by atoms with Crippen LogP contribution in [0.15, 0.2) is 23.1 Å². The van der Waals surface area contributed by atoms with E-state index in [1.165, 1.54) is 13.8 Å². The van der Waals surface area contributed by atoms with Crippen molar-refractivity contribution < 1.29 is 53.9 Å². The van der Waals surface area contributed by atoms with Gasteiger partial charge in [-0.3, -0.25) is 4.79 Å². The Morgan fingerprint density at radius 3 is 1.50 bits per heavy atom. The second-order valence-corrected chi connectivity index (χ2v) is 10.4. The van der Waals surface area contributed by atoms with Crippen LogP contribution in [-0.2, 0) is 41.3 Å². The summed E-state index contributed by atoms with van der Waals surface area (Å²) in [5.74, 6) is -2.67. The average molecular weight is 518 g/mol. The number of alkyl halides is 6. The predicted molar refractivity (Wildman–Crippen MR) is 107 cm³/mol. The van der Waals surface area contributed by atoms with Gasteiger partial charge in [-0.2, -0.15) is 26.3 Å². The van der Waals surface area contributed by atoms with Crippen LogP contribution in [0.4, 0.5) is 26.3 Å². The van der Waals surface area contributed by atoms with E-state index in [0.29, 0.717) is 0 Å². The molecule has 0 saturated carbocycles. The summed E-state index contributed by atoms with van der Waals surface area (Å²) in [5.41, 5.74) is -3.80. The van der Waals surface area contributed by atoms with Crippen LogP contribution < -0.4 is 0 Å². The largest absolute Gasteiger partial charge is 0.462 e. The molecule has 0 unspecified atom stereocenters. The fourth-order valence-electron chi connectivity index (χ4n) is 3.09. The van der Waals surface area contributed by atoms with Crippen molar-refractivity contribution in [3.63, 3.8) is 0 Å². The van der Waals surface area contributed by atoms with Gasteiger partial charge >= 0.3 is 18.3 Å². The molecule has 0 fully saturated rings. The van der Waals surface area contributed by atoms with Gasteiger partial charge in [0.25, 0.3) is 0 Å². The zero-order valence-electron chi connectivity index (χ0n) is 18.8. The van der Waals surface area contributed by atoms with E-state index in [2.05, 4.69) is 0 Å². The van der Waals surface area contributed by atoms with Gasteiger partial charge in [0, 0.05) is 12.8 Å². The van der Waals surface area contributed by atoms with Crippen molar-refractivity contribution in [2.45, 2.75) is 81.5 Å². The third kappa shape index (κ3) is 7.03. The lowest BCUT2D eigenvalue weighted by Crippen LogP contribution is -2.49. The third-order valence-electron chi connectivity index (χ3n) is 4.86. The van der Waals surface area contributed by atoms with E-state index in [1.54, 1.807) is 0 Å². The highest BCUT2D eigenvalue weighted by molar-refractivity contribution is 7.93. The van der Waals surface area contributed by atoms with E-state index in [9.17, 15) is 49.1 Å². The number of ether oxygens (including phenoxy) is 1. The van der Waals surface area contributed by atoms with Crippen LogP contribution >= 0.6 is 0 Å². The SMILES string of the molecule is CC(=O)CCC(CCC(C)=O)(C(=O)OC(C)C)S(=O)(=O)c1cc(C(F)(F)F)cc(C(F)(F)F)c1. The van der Waals surface area contributed by atoms with E-state index in [0.717, 1.165) is 13.8 Å². The summed E-state index contributed by atoms with van der Waals surface area (Å²) in [6.45, 7) is 4.80. The molecule has 1 rings (SSSR count). The molecule has 6 nitrogen and oxygen atoms in total. The zero-order valence-corrected chi connectivity index (χ0v) is 19.6. The van der Waals surface area contributed by atoms with Crippen molar-refractivity contribution >= 4 is 27.4 Å². The van der Waals surface area contributed by atoms with Crippen molar-refractivity contribution in [2.24, 2.45) is 0 Å². The van der Waals surface area contributed by atoms with Crippen LogP contribution in [0, 0.1) is 0 Å². The Morgan fingerprint density at radius 1 is 0.824 bits per heavy atom. The number of carbonyl (C=O) groups is 3. The molecule has 0 aliphatic carbocycles. The molecule has 1 aromatic rings. The Bertz CT molecular complexity index is 991. The number of sulfone groups is 1. The van der Waals surface area contributed by atoms with Crippen LogP contribution in [0.2, 0.25) is 0 Å². The number of esters is 1. The highest BCUT2D eigenvalue weighted by atomic mass is 32.2.